The molecule has 1 aliphatic rings. The van der Waals surface area contributed by atoms with Gasteiger partial charge in [0.05, 0.1) is 11.4 Å². The zero-order chi connectivity index (χ0) is 21.0. The number of aliphatic imine (C=N–C) groups is 1. The monoisotopic (exact) mass is 397 g/mol. The fraction of sp³-hybridized carbons (Fsp3) is 0.105. The van der Waals surface area contributed by atoms with Crippen molar-refractivity contribution in [2.75, 3.05) is 35.2 Å². The number of phenols is 2. The molecule has 1 heterocycles. The van der Waals surface area contributed by atoms with Crippen molar-refractivity contribution in [3.8, 4) is 11.5 Å². The van der Waals surface area contributed by atoms with Gasteiger partial charge in [-0.15, -0.1) is 0 Å². The lowest BCUT2D eigenvalue weighted by Crippen LogP contribution is -2.50. The summed E-state index contributed by atoms with van der Waals surface area (Å²) in [5, 5.41) is 24.9. The van der Waals surface area contributed by atoms with E-state index in [1.54, 1.807) is 30.5 Å². The van der Waals surface area contributed by atoms with E-state index in [0.717, 1.165) is 0 Å². The van der Waals surface area contributed by atoms with Crippen LogP contribution in [0, 0.1) is 0 Å². The molecule has 2 aromatic rings. The molecule has 0 atom stereocenters. The van der Waals surface area contributed by atoms with Crippen LogP contribution in [0.4, 0.5) is 22.7 Å². The molecule has 0 saturated carbocycles. The summed E-state index contributed by atoms with van der Waals surface area (Å²) in [6, 6.07) is 9.00. The molecule has 2 aromatic carbocycles. The van der Waals surface area contributed by atoms with Crippen LogP contribution >= 0.6 is 0 Å². The smallest absolute Gasteiger partial charge is 0.404 e. The highest BCUT2D eigenvalue weighted by atomic mass is 16.3. The lowest BCUT2D eigenvalue weighted by molar-refractivity contribution is -0.760. The third kappa shape index (κ3) is 4.45. The maximum Gasteiger partial charge on any atom is 0.404 e. The Morgan fingerprint density at radius 3 is 1.76 bits per heavy atom. The van der Waals surface area contributed by atoms with Crippen molar-refractivity contribution in [3.63, 3.8) is 0 Å². The minimum absolute atomic E-state index is 0.0993. The number of nitrogens with two attached hydrogens (primary N) is 2. The van der Waals surface area contributed by atoms with Gasteiger partial charge in [-0.3, -0.25) is 9.59 Å². The number of hydrogen-bond acceptors (Lipinski definition) is 7. The third-order valence-electron chi connectivity index (χ3n) is 4.30. The molecule has 10 heteroatoms. The molecule has 149 valence electrons. The van der Waals surface area contributed by atoms with Crippen LogP contribution in [0.1, 0.15) is 0 Å². The average molecular weight is 397 g/mol. The molecule has 0 fully saturated rings. The standard InChI is InChI=1S/C19H20N6O4/c20-12-3-1-5-14(26)18(12)23-16(28)9-25(8-7-22-11-25)10-17(29)24-19-13(21)4-2-6-15(19)27/h1-8,11H,9-10,20-21H2,(H3-,23,24,26,27,28,29)/q+1/p+1. The first kappa shape index (κ1) is 19.7. The number of nitrogens with zero attached hydrogens (tertiary/aromatic N) is 2. The average Bonchev–Trinajstić information content (AvgIpc) is 3.09. The second-order valence-electron chi connectivity index (χ2n) is 6.56. The van der Waals surface area contributed by atoms with E-state index in [9.17, 15) is 19.8 Å². The molecular formula is C19H21N6O4+2. The molecule has 8 N–H and O–H groups in total. The molecule has 0 aliphatic carbocycles. The van der Waals surface area contributed by atoms with Gasteiger partial charge >= 0.3 is 12.5 Å². The SMILES string of the molecule is Nc1cccc(O)c1NC(=O)C[N+]1(CC(=O)Nc2c(N)cccc2O)C=C[N+]=C1. The van der Waals surface area contributed by atoms with Gasteiger partial charge in [-0.05, 0) is 24.3 Å². The Morgan fingerprint density at radius 1 is 0.897 bits per heavy atom. The molecule has 0 saturated heterocycles. The highest BCUT2D eigenvalue weighted by Gasteiger charge is 2.38. The topological polar surface area (TPSA) is 165 Å². The summed E-state index contributed by atoms with van der Waals surface area (Å²) in [7, 11) is 0. The predicted molar refractivity (Wildman–Crippen MR) is 110 cm³/mol. The van der Waals surface area contributed by atoms with Crippen LogP contribution in [0.15, 0.2) is 48.8 Å². The summed E-state index contributed by atoms with van der Waals surface area (Å²) in [5.41, 5.74) is 12.2. The van der Waals surface area contributed by atoms with Crippen molar-refractivity contribution in [3.05, 3.63) is 48.8 Å². The number of benzene rings is 2. The Kier molecular flexibility index (Phi) is 5.37. The van der Waals surface area contributed by atoms with Crippen molar-refractivity contribution in [2.45, 2.75) is 0 Å². The van der Waals surface area contributed by atoms with Crippen LogP contribution in [-0.2, 0) is 9.59 Å². The van der Waals surface area contributed by atoms with Crippen LogP contribution in [-0.4, -0.2) is 45.9 Å². The highest BCUT2D eigenvalue weighted by Crippen LogP contribution is 2.30. The van der Waals surface area contributed by atoms with E-state index < -0.39 is 11.8 Å². The minimum Gasteiger partial charge on any atom is -0.506 e. The molecule has 29 heavy (non-hydrogen) atoms. The van der Waals surface area contributed by atoms with Crippen LogP contribution in [0.5, 0.6) is 11.5 Å². The minimum atomic E-state index is -0.480. The highest BCUT2D eigenvalue weighted by molar-refractivity contribution is 5.99. The summed E-state index contributed by atoms with van der Waals surface area (Å²) in [4.78, 5) is 29.1. The number of phenolic OH excluding ortho intramolecular Hbond substituents is 2. The lowest BCUT2D eigenvalue weighted by atomic mass is 10.2. The van der Waals surface area contributed by atoms with Crippen LogP contribution < -0.4 is 27.1 Å². The predicted octanol–water partition coefficient (Wildman–Crippen LogP) is 0.505. The summed E-state index contributed by atoms with van der Waals surface area (Å²) >= 11 is 0. The number of carbonyl (C=O) groups excluding carboxylic acids is 2. The first-order chi connectivity index (χ1) is 13.8. The van der Waals surface area contributed by atoms with Gasteiger partial charge in [0.1, 0.15) is 27.9 Å². The van der Waals surface area contributed by atoms with Crippen molar-refractivity contribution in [2.24, 2.45) is 0 Å². The number of carbonyl (C=O) groups is 2. The van der Waals surface area contributed by atoms with E-state index in [1.807, 2.05) is 0 Å². The van der Waals surface area contributed by atoms with E-state index in [1.165, 1.54) is 24.7 Å². The van der Waals surface area contributed by atoms with Crippen molar-refractivity contribution in [1.82, 2.24) is 4.99 Å². The first-order valence-corrected chi connectivity index (χ1v) is 8.63. The van der Waals surface area contributed by atoms with E-state index in [4.69, 9.17) is 11.5 Å². The molecule has 1 radical (unpaired) electrons. The molecule has 3 rings (SSSR count). The first-order valence-electron chi connectivity index (χ1n) is 8.63. The lowest BCUT2D eigenvalue weighted by Gasteiger charge is -2.22. The molecule has 10 nitrogen and oxygen atoms in total. The maximum absolute atomic E-state index is 12.5. The quantitative estimate of drug-likeness (QED) is 0.236. The Morgan fingerprint density at radius 2 is 1.38 bits per heavy atom. The molecular weight excluding hydrogens is 376 g/mol. The summed E-state index contributed by atoms with van der Waals surface area (Å²) < 4.78 is -0.196. The molecule has 0 unspecified atom stereocenters. The van der Waals surface area contributed by atoms with Gasteiger partial charge in [-0.1, -0.05) is 12.1 Å². The summed E-state index contributed by atoms with van der Waals surface area (Å²) in [6.45, 7) is -0.338. The Balaban J connectivity index is 1.72. The van der Waals surface area contributed by atoms with Gasteiger partial charge < -0.3 is 32.3 Å². The van der Waals surface area contributed by atoms with Gasteiger partial charge in [0, 0.05) is 0 Å². The van der Waals surface area contributed by atoms with E-state index in [0.29, 0.717) is 0 Å². The largest absolute Gasteiger partial charge is 0.506 e. The third-order valence-corrected chi connectivity index (χ3v) is 4.30. The second kappa shape index (κ2) is 7.90. The van der Waals surface area contributed by atoms with Gasteiger partial charge in [-0.25, -0.2) is 0 Å². The van der Waals surface area contributed by atoms with E-state index in [2.05, 4.69) is 15.6 Å². The van der Waals surface area contributed by atoms with Gasteiger partial charge in [-0.2, -0.15) is 4.48 Å². The summed E-state index contributed by atoms with van der Waals surface area (Å²) in [6.07, 6.45) is 4.51. The number of anilines is 4. The van der Waals surface area contributed by atoms with Crippen LogP contribution in [0.2, 0.25) is 0 Å². The van der Waals surface area contributed by atoms with Crippen molar-refractivity contribution >= 4 is 40.9 Å². The molecule has 0 spiro atoms. The fourth-order valence-corrected chi connectivity index (χ4v) is 2.90. The zero-order valence-electron chi connectivity index (χ0n) is 15.4. The fourth-order valence-electron chi connectivity index (χ4n) is 2.90. The molecule has 0 aromatic heterocycles. The molecule has 2 amide bonds. The van der Waals surface area contributed by atoms with Crippen molar-refractivity contribution in [1.29, 1.82) is 0 Å². The number of amides is 2. The van der Waals surface area contributed by atoms with Gasteiger partial charge in [0.15, 0.2) is 19.3 Å². The normalized spacial score (nSPS) is 13.9. The number of hydrogen-bond donors (Lipinski definition) is 6. The van der Waals surface area contributed by atoms with Gasteiger partial charge in [0.2, 0.25) is 0 Å². The van der Waals surface area contributed by atoms with Crippen LogP contribution in [0.3, 0.4) is 0 Å². The Bertz CT molecular complexity index is 896. The van der Waals surface area contributed by atoms with E-state index in [-0.39, 0.29) is 51.8 Å². The Hall–Kier alpha value is -4.05. The number of aromatic hydroxyl groups is 2. The zero-order valence-corrected chi connectivity index (χ0v) is 15.4. The number of para-hydroxylation sites is 2. The molecule has 1 aliphatic heterocycles. The van der Waals surface area contributed by atoms with Crippen molar-refractivity contribution < 1.29 is 24.3 Å². The summed E-state index contributed by atoms with van der Waals surface area (Å²) in [5.74, 6) is -1.29. The number of rotatable bonds is 6. The number of quaternary nitrogens is 1. The van der Waals surface area contributed by atoms with Crippen LogP contribution in [0.25, 0.3) is 0 Å². The maximum atomic E-state index is 12.5. The number of nitrogen functional groups attached to an aromatic ring is 2. The Labute approximate surface area is 166 Å². The molecule has 0 bridgehead atoms. The second-order valence-corrected chi connectivity index (χ2v) is 6.56. The van der Waals surface area contributed by atoms with E-state index >= 15 is 0 Å². The van der Waals surface area contributed by atoms with Gasteiger partial charge in [0.25, 0.3) is 11.8 Å². The number of nitrogens with one attached hydrogen (secondary N) is 2.